The van der Waals surface area contributed by atoms with Crippen LogP contribution in [0.3, 0.4) is 0 Å². The van der Waals surface area contributed by atoms with Crippen LogP contribution >= 0.6 is 0 Å². The Morgan fingerprint density at radius 1 is 1.35 bits per heavy atom. The van der Waals surface area contributed by atoms with Crippen LogP contribution in [-0.2, 0) is 6.18 Å². The second-order valence-electron chi connectivity index (χ2n) is 4.19. The van der Waals surface area contributed by atoms with Gasteiger partial charge in [-0.1, -0.05) is 0 Å². The van der Waals surface area contributed by atoms with Gasteiger partial charge in [0.1, 0.15) is 0 Å². The molecule has 2 rings (SSSR count). The fraction of sp³-hybridized carbons (Fsp3) is 0.417. The third kappa shape index (κ3) is 2.90. The summed E-state index contributed by atoms with van der Waals surface area (Å²) in [6, 6.07) is 5.32. The number of hydrogen-bond donors (Lipinski definition) is 1. The van der Waals surface area contributed by atoms with Crippen molar-refractivity contribution >= 4 is 5.69 Å². The molecule has 0 amide bonds. The molecule has 0 aromatic heterocycles. The number of nitriles is 1. The van der Waals surface area contributed by atoms with Crippen molar-refractivity contribution in [1.82, 2.24) is 0 Å². The lowest BCUT2D eigenvalue weighted by Gasteiger charge is -2.14. The first-order valence-corrected chi connectivity index (χ1v) is 5.36. The molecular formula is C12H11F3N2. The van der Waals surface area contributed by atoms with Gasteiger partial charge in [0.05, 0.1) is 17.2 Å². The number of nitrogens with zero attached hydrogens (tertiary/aromatic N) is 1. The van der Waals surface area contributed by atoms with Crippen LogP contribution in [0.2, 0.25) is 0 Å². The van der Waals surface area contributed by atoms with Gasteiger partial charge in [-0.3, -0.25) is 0 Å². The van der Waals surface area contributed by atoms with E-state index < -0.39 is 11.7 Å². The largest absolute Gasteiger partial charge is 0.418 e. The van der Waals surface area contributed by atoms with Gasteiger partial charge in [0, 0.05) is 12.2 Å². The van der Waals surface area contributed by atoms with Gasteiger partial charge in [0.25, 0.3) is 0 Å². The number of halogens is 3. The van der Waals surface area contributed by atoms with Crippen LogP contribution in [0, 0.1) is 17.2 Å². The lowest BCUT2D eigenvalue weighted by atomic mass is 10.1. The summed E-state index contributed by atoms with van der Waals surface area (Å²) in [4.78, 5) is 0. The van der Waals surface area contributed by atoms with Crippen LogP contribution in [0.15, 0.2) is 18.2 Å². The van der Waals surface area contributed by atoms with Crippen LogP contribution < -0.4 is 5.32 Å². The summed E-state index contributed by atoms with van der Waals surface area (Å²) in [5.74, 6) is 0.492. The van der Waals surface area contributed by atoms with Gasteiger partial charge < -0.3 is 5.32 Å². The van der Waals surface area contributed by atoms with Gasteiger partial charge in [0.2, 0.25) is 0 Å². The Labute approximate surface area is 97.1 Å². The molecule has 1 aliphatic rings. The highest BCUT2D eigenvalue weighted by atomic mass is 19.4. The molecule has 0 saturated heterocycles. The molecule has 1 aromatic rings. The Morgan fingerprint density at radius 3 is 2.59 bits per heavy atom. The van der Waals surface area contributed by atoms with Gasteiger partial charge in [-0.15, -0.1) is 0 Å². The van der Waals surface area contributed by atoms with Crippen molar-refractivity contribution in [2.45, 2.75) is 19.0 Å². The molecule has 0 aliphatic heterocycles. The van der Waals surface area contributed by atoms with Gasteiger partial charge >= 0.3 is 6.18 Å². The number of hydrogen-bond acceptors (Lipinski definition) is 2. The molecule has 0 heterocycles. The van der Waals surface area contributed by atoms with Gasteiger partial charge in [0.15, 0.2) is 0 Å². The first kappa shape index (κ1) is 11.8. The second kappa shape index (κ2) is 4.28. The molecule has 0 atom stereocenters. The van der Waals surface area contributed by atoms with Crippen molar-refractivity contribution in [1.29, 1.82) is 5.26 Å². The Morgan fingerprint density at radius 2 is 2.06 bits per heavy atom. The van der Waals surface area contributed by atoms with E-state index in [9.17, 15) is 13.2 Å². The second-order valence-corrected chi connectivity index (χ2v) is 4.19. The van der Waals surface area contributed by atoms with Gasteiger partial charge in [-0.05, 0) is 37.0 Å². The molecule has 1 fully saturated rings. The quantitative estimate of drug-likeness (QED) is 0.878. The first-order chi connectivity index (χ1) is 8.00. The van der Waals surface area contributed by atoms with Crippen molar-refractivity contribution in [3.8, 4) is 6.07 Å². The molecule has 1 saturated carbocycles. The third-order valence-electron chi connectivity index (χ3n) is 2.73. The topological polar surface area (TPSA) is 35.8 Å². The maximum Gasteiger partial charge on any atom is 0.418 e. The summed E-state index contributed by atoms with van der Waals surface area (Å²) >= 11 is 0. The lowest BCUT2D eigenvalue weighted by molar-refractivity contribution is -0.137. The molecule has 0 unspecified atom stereocenters. The predicted molar refractivity (Wildman–Crippen MR) is 57.4 cm³/mol. The average Bonchev–Trinajstić information content (AvgIpc) is 3.08. The normalized spacial score (nSPS) is 15.4. The summed E-state index contributed by atoms with van der Waals surface area (Å²) in [5.41, 5.74) is -0.685. The highest BCUT2D eigenvalue weighted by molar-refractivity contribution is 5.56. The zero-order chi connectivity index (χ0) is 12.5. The fourth-order valence-electron chi connectivity index (χ4n) is 1.58. The van der Waals surface area contributed by atoms with Crippen molar-refractivity contribution in [2.24, 2.45) is 5.92 Å². The molecule has 90 valence electrons. The number of alkyl halides is 3. The van der Waals surface area contributed by atoms with E-state index in [4.69, 9.17) is 5.26 Å². The molecule has 1 aromatic carbocycles. The molecule has 0 radical (unpaired) electrons. The van der Waals surface area contributed by atoms with Gasteiger partial charge in [-0.25, -0.2) is 0 Å². The highest BCUT2D eigenvalue weighted by Crippen LogP contribution is 2.36. The average molecular weight is 240 g/mol. The maximum absolute atomic E-state index is 12.8. The minimum absolute atomic E-state index is 0.0225. The van der Waals surface area contributed by atoms with E-state index in [2.05, 4.69) is 5.32 Å². The molecule has 1 N–H and O–H groups in total. The summed E-state index contributed by atoms with van der Waals surface area (Å²) < 4.78 is 38.3. The van der Waals surface area contributed by atoms with E-state index in [-0.39, 0.29) is 11.3 Å². The number of nitrogens with one attached hydrogen (secondary N) is 1. The molecule has 0 spiro atoms. The third-order valence-corrected chi connectivity index (χ3v) is 2.73. The highest BCUT2D eigenvalue weighted by Gasteiger charge is 2.34. The lowest BCUT2D eigenvalue weighted by Crippen LogP contribution is -2.12. The smallest absolute Gasteiger partial charge is 0.384 e. The monoisotopic (exact) mass is 240 g/mol. The zero-order valence-corrected chi connectivity index (χ0v) is 9.01. The molecule has 1 aliphatic carbocycles. The Hall–Kier alpha value is -1.70. The van der Waals surface area contributed by atoms with Crippen LogP contribution in [-0.4, -0.2) is 6.54 Å². The predicted octanol–water partition coefficient (Wildman–Crippen LogP) is 3.40. The van der Waals surface area contributed by atoms with Crippen LogP contribution in [0.4, 0.5) is 18.9 Å². The van der Waals surface area contributed by atoms with Crippen LogP contribution in [0.1, 0.15) is 24.0 Å². The van der Waals surface area contributed by atoms with Crippen LogP contribution in [0.5, 0.6) is 0 Å². The number of rotatable bonds is 3. The van der Waals surface area contributed by atoms with Crippen molar-refractivity contribution in [3.63, 3.8) is 0 Å². The van der Waals surface area contributed by atoms with E-state index >= 15 is 0 Å². The molecular weight excluding hydrogens is 229 g/mol. The summed E-state index contributed by atoms with van der Waals surface area (Å²) in [6.07, 6.45) is -2.28. The Bertz CT molecular complexity index is 456. The number of benzene rings is 1. The standard InChI is InChI=1S/C12H11F3N2/c13-12(14,15)10-5-9(6-16)3-4-11(10)17-7-8-1-2-8/h3-5,8,17H,1-2,7H2. The minimum Gasteiger partial charge on any atom is -0.384 e. The molecule has 5 heteroatoms. The van der Waals surface area contributed by atoms with E-state index in [1.807, 2.05) is 0 Å². The molecule has 2 nitrogen and oxygen atoms in total. The van der Waals surface area contributed by atoms with E-state index in [1.54, 1.807) is 6.07 Å². The van der Waals surface area contributed by atoms with Crippen molar-refractivity contribution in [3.05, 3.63) is 29.3 Å². The van der Waals surface area contributed by atoms with Crippen LogP contribution in [0.25, 0.3) is 0 Å². The summed E-state index contributed by atoms with van der Waals surface area (Å²) in [7, 11) is 0. The van der Waals surface area contributed by atoms with E-state index in [0.717, 1.165) is 18.9 Å². The fourth-order valence-corrected chi connectivity index (χ4v) is 1.58. The zero-order valence-electron chi connectivity index (χ0n) is 9.01. The van der Waals surface area contributed by atoms with Crippen molar-refractivity contribution in [2.75, 3.05) is 11.9 Å². The molecule has 17 heavy (non-hydrogen) atoms. The molecule has 0 bridgehead atoms. The van der Waals surface area contributed by atoms with E-state index in [0.29, 0.717) is 12.5 Å². The van der Waals surface area contributed by atoms with E-state index in [1.165, 1.54) is 12.1 Å². The summed E-state index contributed by atoms with van der Waals surface area (Å²) in [6.45, 7) is 0.564. The minimum atomic E-state index is -4.43. The SMILES string of the molecule is N#Cc1ccc(NCC2CC2)c(C(F)(F)F)c1. The Balaban J connectivity index is 2.25. The maximum atomic E-state index is 12.8. The van der Waals surface area contributed by atoms with Crippen molar-refractivity contribution < 1.29 is 13.2 Å². The first-order valence-electron chi connectivity index (χ1n) is 5.36. The summed E-state index contributed by atoms with van der Waals surface area (Å²) in [5, 5.41) is 11.4. The Kier molecular flexibility index (Phi) is 2.97. The number of anilines is 1. The van der Waals surface area contributed by atoms with Gasteiger partial charge in [-0.2, -0.15) is 18.4 Å².